The van der Waals surface area contributed by atoms with Crippen LogP contribution in [0.15, 0.2) is 70.5 Å². The van der Waals surface area contributed by atoms with E-state index in [2.05, 4.69) is 10.3 Å². The van der Waals surface area contributed by atoms with Crippen LogP contribution >= 0.6 is 11.6 Å². The third kappa shape index (κ3) is 6.94. The maximum atomic E-state index is 13.8. The molecule has 0 bridgehead atoms. The second-order valence-corrected chi connectivity index (χ2v) is 13.5. The summed E-state index contributed by atoms with van der Waals surface area (Å²) in [7, 11) is -8.64. The highest BCUT2D eigenvalue weighted by Crippen LogP contribution is 2.34. The van der Waals surface area contributed by atoms with E-state index in [0.29, 0.717) is 40.8 Å². The van der Waals surface area contributed by atoms with Gasteiger partial charge in [0.2, 0.25) is 9.84 Å². The van der Waals surface area contributed by atoms with Crippen LogP contribution in [0.2, 0.25) is 5.02 Å². The van der Waals surface area contributed by atoms with Crippen molar-refractivity contribution in [1.29, 1.82) is 5.26 Å². The number of anilines is 1. The van der Waals surface area contributed by atoms with Gasteiger partial charge < -0.3 is 10.3 Å². The topological polar surface area (TPSA) is 160 Å². The minimum absolute atomic E-state index is 0.0141. The van der Waals surface area contributed by atoms with Gasteiger partial charge in [0.05, 0.1) is 22.2 Å². The van der Waals surface area contributed by atoms with E-state index in [4.69, 9.17) is 16.9 Å². The van der Waals surface area contributed by atoms with Crippen molar-refractivity contribution in [3.63, 3.8) is 0 Å². The maximum Gasteiger partial charge on any atom is 0.359 e. The number of nitriles is 1. The van der Waals surface area contributed by atoms with E-state index in [9.17, 15) is 26.2 Å². The zero-order valence-electron chi connectivity index (χ0n) is 22.9. The first kappa shape index (κ1) is 31.1. The third-order valence-corrected chi connectivity index (χ3v) is 9.60. The number of carbonyl (C=O) groups is 1. The molecule has 0 atom stereocenters. The van der Waals surface area contributed by atoms with Crippen molar-refractivity contribution in [3.05, 3.63) is 88.1 Å². The van der Waals surface area contributed by atoms with Crippen LogP contribution in [-0.4, -0.2) is 45.4 Å². The largest absolute Gasteiger partial charge is 0.359 e. The van der Waals surface area contributed by atoms with E-state index < -0.39 is 26.0 Å². The highest BCUT2D eigenvalue weighted by Gasteiger charge is 2.30. The van der Waals surface area contributed by atoms with Crippen LogP contribution < -0.4 is 9.62 Å². The molecule has 0 saturated heterocycles. The zero-order chi connectivity index (χ0) is 30.7. The number of amides is 1. The van der Waals surface area contributed by atoms with Gasteiger partial charge in [0.25, 0.3) is 5.91 Å². The highest BCUT2D eigenvalue weighted by molar-refractivity contribution is 7.91. The first-order chi connectivity index (χ1) is 19.8. The fourth-order valence-electron chi connectivity index (χ4n) is 4.71. The number of H-pyrrole nitrogens is 1. The van der Waals surface area contributed by atoms with Gasteiger partial charge in [-0.1, -0.05) is 17.7 Å². The van der Waals surface area contributed by atoms with Gasteiger partial charge in [-0.25, -0.2) is 12.7 Å². The first-order valence-electron chi connectivity index (χ1n) is 13.0. The Morgan fingerprint density at radius 3 is 2.26 bits per heavy atom. The molecule has 1 heterocycles. The summed E-state index contributed by atoms with van der Waals surface area (Å²) in [6, 6.07) is 17.4. The number of fused-ring (bicyclic) bond motifs is 1. The molecule has 0 unspecified atom stereocenters. The lowest BCUT2D eigenvalue weighted by atomic mass is 10.2. The fourth-order valence-corrected chi connectivity index (χ4v) is 7.42. The molecule has 0 aliphatic heterocycles. The van der Waals surface area contributed by atoms with Crippen LogP contribution in [0, 0.1) is 25.2 Å². The van der Waals surface area contributed by atoms with Gasteiger partial charge in [0, 0.05) is 29.0 Å². The number of aryl methyl sites for hydroxylation is 2. The summed E-state index contributed by atoms with van der Waals surface area (Å²) in [6.07, 6.45) is 1.33. The molecular formula is C29H29ClN4O6S2. The summed E-state index contributed by atoms with van der Waals surface area (Å²) in [5.74, 6) is -0.609. The summed E-state index contributed by atoms with van der Waals surface area (Å²) in [6.45, 7) is 3.77. The van der Waals surface area contributed by atoms with Gasteiger partial charge in [-0.2, -0.15) is 13.7 Å². The zero-order valence-corrected chi connectivity index (χ0v) is 25.3. The Morgan fingerprint density at radius 1 is 0.976 bits per heavy atom. The molecule has 0 aliphatic carbocycles. The van der Waals surface area contributed by atoms with Crippen molar-refractivity contribution < 1.29 is 26.2 Å². The van der Waals surface area contributed by atoms with Gasteiger partial charge in [-0.3, -0.25) is 9.35 Å². The van der Waals surface area contributed by atoms with Gasteiger partial charge in [0.1, 0.15) is 10.6 Å². The lowest BCUT2D eigenvalue weighted by Crippen LogP contribution is -2.31. The number of unbranched alkanes of at least 4 members (excludes halogenated alkanes) is 2. The molecule has 10 nitrogen and oxygen atoms in total. The van der Waals surface area contributed by atoms with Crippen molar-refractivity contribution in [3.8, 4) is 6.07 Å². The number of nitrogens with one attached hydrogen (secondary N) is 2. The van der Waals surface area contributed by atoms with E-state index in [1.54, 1.807) is 38.1 Å². The van der Waals surface area contributed by atoms with E-state index in [-0.39, 0.29) is 34.3 Å². The number of benzene rings is 3. The quantitative estimate of drug-likeness (QED) is 0.149. The number of carbonyl (C=O) groups excluding carboxylic acids is 1. The number of nitrogens with zero attached hydrogens (tertiary/aromatic N) is 2. The maximum absolute atomic E-state index is 13.8. The molecule has 3 aromatic carbocycles. The van der Waals surface area contributed by atoms with Crippen LogP contribution in [0.1, 0.15) is 46.4 Å². The Balaban J connectivity index is 1.47. The number of aromatic amines is 1. The third-order valence-electron chi connectivity index (χ3n) is 6.60. The molecule has 0 radical (unpaired) electrons. The molecule has 0 aliphatic rings. The Hall–Kier alpha value is -3.89. The number of rotatable bonds is 11. The highest BCUT2D eigenvalue weighted by atomic mass is 35.5. The van der Waals surface area contributed by atoms with Crippen molar-refractivity contribution in [2.75, 3.05) is 17.4 Å². The molecule has 4 aromatic rings. The summed E-state index contributed by atoms with van der Waals surface area (Å²) in [5.41, 5.74) is 2.45. The molecule has 4 rings (SSSR count). The van der Waals surface area contributed by atoms with Crippen molar-refractivity contribution >= 4 is 54.2 Å². The molecule has 13 heteroatoms. The summed E-state index contributed by atoms with van der Waals surface area (Å²) in [5, 5.41) is 12.3. The second-order valence-electron chi connectivity index (χ2n) is 9.87. The lowest BCUT2D eigenvalue weighted by molar-refractivity contribution is 0.0945. The minimum Gasteiger partial charge on any atom is -0.351 e. The Morgan fingerprint density at radius 2 is 1.64 bits per heavy atom. The predicted octanol–water partition coefficient (Wildman–Crippen LogP) is 5.35. The molecular weight excluding hydrogens is 600 g/mol. The van der Waals surface area contributed by atoms with Gasteiger partial charge in [0.15, 0.2) is 0 Å². The molecule has 220 valence electrons. The van der Waals surface area contributed by atoms with Crippen molar-refractivity contribution in [1.82, 2.24) is 10.3 Å². The van der Waals surface area contributed by atoms with E-state index in [1.807, 2.05) is 12.1 Å². The summed E-state index contributed by atoms with van der Waals surface area (Å²) >= 11 is 6.18. The monoisotopic (exact) mass is 628 g/mol. The molecule has 1 aromatic heterocycles. The smallest absolute Gasteiger partial charge is 0.351 e. The van der Waals surface area contributed by atoms with Gasteiger partial charge in [-0.15, -0.1) is 0 Å². The Bertz CT molecular complexity index is 1880. The van der Waals surface area contributed by atoms with Crippen LogP contribution in [0.3, 0.4) is 0 Å². The Labute approximate surface area is 249 Å². The van der Waals surface area contributed by atoms with Gasteiger partial charge >= 0.3 is 10.3 Å². The molecule has 3 N–H and O–H groups in total. The van der Waals surface area contributed by atoms with E-state index in [0.717, 1.165) is 15.4 Å². The van der Waals surface area contributed by atoms with Gasteiger partial charge in [-0.05, 0) is 98.8 Å². The number of halogens is 1. The van der Waals surface area contributed by atoms with Crippen LogP contribution in [0.5, 0.6) is 0 Å². The molecule has 0 saturated carbocycles. The van der Waals surface area contributed by atoms with Crippen LogP contribution in [0.4, 0.5) is 5.69 Å². The van der Waals surface area contributed by atoms with Crippen molar-refractivity contribution in [2.45, 2.75) is 42.9 Å². The molecule has 0 fully saturated rings. The van der Waals surface area contributed by atoms with E-state index in [1.165, 1.54) is 30.3 Å². The molecule has 1 amide bonds. The second kappa shape index (κ2) is 12.5. The lowest BCUT2D eigenvalue weighted by Gasteiger charge is -2.20. The number of sulfone groups is 1. The Kier molecular flexibility index (Phi) is 9.27. The first-order valence-corrected chi connectivity index (χ1v) is 16.2. The van der Waals surface area contributed by atoms with Crippen LogP contribution in [0.25, 0.3) is 10.9 Å². The fraction of sp³-hybridized carbons (Fsp3) is 0.241. The number of hydrogen-bond donors (Lipinski definition) is 3. The summed E-state index contributed by atoms with van der Waals surface area (Å²) < 4.78 is 62.0. The van der Waals surface area contributed by atoms with E-state index >= 15 is 0 Å². The van der Waals surface area contributed by atoms with Crippen LogP contribution in [-0.2, 0) is 20.1 Å². The standard InChI is InChI=1S/C29H29ClN4O6S2/c1-19-14-20(2)16-24(15-19)41(36,37)28-25-17-22(30)8-11-26(25)33-27(28)29(35)32-12-4-3-5-13-34(42(38,39)40)23-9-6-21(18-31)7-10-23/h6-11,14-17,33H,3-5,12-13H2,1-2H3,(H,32,35)(H,38,39,40). The minimum atomic E-state index is -4.53. The SMILES string of the molecule is Cc1cc(C)cc(S(=O)(=O)c2c(C(=O)NCCCCCN(c3ccc(C#N)cc3)S(=O)(=O)O)[nH]c3ccc(Cl)cc23)c1. The molecule has 42 heavy (non-hydrogen) atoms. The summed E-state index contributed by atoms with van der Waals surface area (Å²) in [4.78, 5) is 16.1. The normalized spacial score (nSPS) is 11.8. The van der Waals surface area contributed by atoms with Crippen molar-refractivity contribution in [2.24, 2.45) is 0 Å². The predicted molar refractivity (Wildman–Crippen MR) is 161 cm³/mol. The average molecular weight is 629 g/mol. The number of aromatic nitrogens is 1. The number of hydrogen-bond acceptors (Lipinski definition) is 6. The average Bonchev–Trinajstić information content (AvgIpc) is 3.31. The molecule has 0 spiro atoms.